The van der Waals surface area contributed by atoms with E-state index < -0.39 is 0 Å². The van der Waals surface area contributed by atoms with Crippen molar-refractivity contribution >= 4 is 28.9 Å². The number of nitrogens with one attached hydrogen (secondary N) is 2. The highest BCUT2D eigenvalue weighted by atomic mass is 35.5. The molecule has 3 nitrogen and oxygen atoms in total. The monoisotopic (exact) mass is 259 g/mol. The van der Waals surface area contributed by atoms with Crippen molar-refractivity contribution in [1.82, 2.24) is 10.2 Å². The van der Waals surface area contributed by atoms with Gasteiger partial charge in [0.2, 0.25) is 0 Å². The smallest absolute Gasteiger partial charge is 0.0679 e. The number of nitrogens with zero attached hydrogens (tertiary/aromatic N) is 1. The fourth-order valence-corrected chi connectivity index (χ4v) is 2.25. The topological polar surface area (TPSA) is 27.3 Å². The molecule has 16 heavy (non-hydrogen) atoms. The standard InChI is InChI=1S/C11H15Cl2N3/c12-9-5-10(13)7-11(6-9)15-8-16-3-1-14-2-4-16/h5-7,14-15H,1-4,8H2. The third-order valence-electron chi connectivity index (χ3n) is 2.58. The first kappa shape index (κ1) is 12.0. The zero-order chi connectivity index (χ0) is 11.4. The van der Waals surface area contributed by atoms with Crippen LogP contribution >= 0.6 is 23.2 Å². The number of benzene rings is 1. The van der Waals surface area contributed by atoms with Crippen LogP contribution in [-0.2, 0) is 0 Å². The summed E-state index contributed by atoms with van der Waals surface area (Å²) in [5.74, 6) is 0. The van der Waals surface area contributed by atoms with Crippen molar-refractivity contribution in [2.45, 2.75) is 0 Å². The van der Waals surface area contributed by atoms with Gasteiger partial charge in [-0.3, -0.25) is 4.90 Å². The Hall–Kier alpha value is -0.480. The molecule has 0 aromatic heterocycles. The Labute approximate surface area is 106 Å². The molecule has 0 amide bonds. The Kier molecular flexibility index (Phi) is 4.29. The van der Waals surface area contributed by atoms with Crippen molar-refractivity contribution < 1.29 is 0 Å². The third kappa shape index (κ3) is 3.52. The van der Waals surface area contributed by atoms with Gasteiger partial charge in [-0.25, -0.2) is 0 Å². The summed E-state index contributed by atoms with van der Waals surface area (Å²) in [6.07, 6.45) is 0. The van der Waals surface area contributed by atoms with Crippen LogP contribution in [0.25, 0.3) is 0 Å². The highest BCUT2D eigenvalue weighted by Crippen LogP contribution is 2.22. The number of hydrogen-bond donors (Lipinski definition) is 2. The minimum atomic E-state index is 0.662. The Morgan fingerprint density at radius 2 is 1.75 bits per heavy atom. The number of halogens is 2. The molecule has 88 valence electrons. The average molecular weight is 260 g/mol. The molecule has 1 aliphatic heterocycles. The highest BCUT2D eigenvalue weighted by Gasteiger charge is 2.08. The van der Waals surface area contributed by atoms with Crippen LogP contribution in [0, 0.1) is 0 Å². The molecule has 1 heterocycles. The molecule has 0 unspecified atom stereocenters. The van der Waals surface area contributed by atoms with Crippen LogP contribution in [0.15, 0.2) is 18.2 Å². The summed E-state index contributed by atoms with van der Waals surface area (Å²) in [6, 6.07) is 5.50. The Bertz CT molecular complexity index is 331. The van der Waals surface area contributed by atoms with Crippen LogP contribution in [0.1, 0.15) is 0 Å². The molecule has 1 aliphatic rings. The molecule has 5 heteroatoms. The average Bonchev–Trinajstić information content (AvgIpc) is 2.27. The summed E-state index contributed by atoms with van der Waals surface area (Å²) < 4.78 is 0. The van der Waals surface area contributed by atoms with Crippen LogP contribution in [0.4, 0.5) is 5.69 Å². The van der Waals surface area contributed by atoms with Crippen molar-refractivity contribution in [2.24, 2.45) is 0 Å². The lowest BCUT2D eigenvalue weighted by Gasteiger charge is -2.27. The van der Waals surface area contributed by atoms with E-state index in [2.05, 4.69) is 15.5 Å². The molecular formula is C11H15Cl2N3. The van der Waals surface area contributed by atoms with Crippen LogP contribution < -0.4 is 10.6 Å². The second kappa shape index (κ2) is 5.73. The van der Waals surface area contributed by atoms with Gasteiger partial charge >= 0.3 is 0 Å². The molecular weight excluding hydrogens is 245 g/mol. The minimum Gasteiger partial charge on any atom is -0.372 e. The van der Waals surface area contributed by atoms with Gasteiger partial charge in [-0.05, 0) is 18.2 Å². The van der Waals surface area contributed by atoms with Gasteiger partial charge in [0.05, 0.1) is 6.67 Å². The fraction of sp³-hybridized carbons (Fsp3) is 0.455. The van der Waals surface area contributed by atoms with Gasteiger partial charge in [-0.1, -0.05) is 23.2 Å². The predicted molar refractivity (Wildman–Crippen MR) is 69.4 cm³/mol. The molecule has 0 aliphatic carbocycles. The van der Waals surface area contributed by atoms with E-state index >= 15 is 0 Å². The van der Waals surface area contributed by atoms with Gasteiger partial charge in [-0.15, -0.1) is 0 Å². The van der Waals surface area contributed by atoms with Crippen molar-refractivity contribution in [1.29, 1.82) is 0 Å². The SMILES string of the molecule is Clc1cc(Cl)cc(NCN2CCNCC2)c1. The lowest BCUT2D eigenvalue weighted by Crippen LogP contribution is -2.45. The largest absolute Gasteiger partial charge is 0.372 e. The zero-order valence-corrected chi connectivity index (χ0v) is 10.5. The summed E-state index contributed by atoms with van der Waals surface area (Å²) in [4.78, 5) is 2.35. The molecule has 1 fully saturated rings. The Morgan fingerprint density at radius 3 is 2.38 bits per heavy atom. The lowest BCUT2D eigenvalue weighted by atomic mass is 10.3. The van der Waals surface area contributed by atoms with Crippen LogP contribution in [0.2, 0.25) is 10.0 Å². The van der Waals surface area contributed by atoms with E-state index in [1.807, 2.05) is 12.1 Å². The number of piperazine rings is 1. The summed E-state index contributed by atoms with van der Waals surface area (Å²) in [6.45, 7) is 5.08. The van der Waals surface area contributed by atoms with Crippen LogP contribution in [0.5, 0.6) is 0 Å². The number of rotatable bonds is 3. The normalized spacial score (nSPS) is 17.4. The van der Waals surface area contributed by atoms with E-state index in [0.29, 0.717) is 10.0 Å². The molecule has 0 atom stereocenters. The molecule has 1 saturated heterocycles. The maximum Gasteiger partial charge on any atom is 0.0679 e. The molecule has 0 spiro atoms. The molecule has 2 N–H and O–H groups in total. The minimum absolute atomic E-state index is 0.662. The van der Waals surface area contributed by atoms with Crippen molar-refractivity contribution in [3.8, 4) is 0 Å². The first-order valence-electron chi connectivity index (χ1n) is 5.37. The first-order chi connectivity index (χ1) is 7.74. The molecule has 1 aromatic carbocycles. The maximum absolute atomic E-state index is 5.92. The quantitative estimate of drug-likeness (QED) is 0.873. The van der Waals surface area contributed by atoms with Gasteiger partial charge < -0.3 is 10.6 Å². The Balaban J connectivity index is 1.88. The molecule has 0 radical (unpaired) electrons. The van der Waals surface area contributed by atoms with Crippen molar-refractivity contribution in [3.63, 3.8) is 0 Å². The number of hydrogen-bond acceptors (Lipinski definition) is 3. The Morgan fingerprint density at radius 1 is 1.12 bits per heavy atom. The summed E-state index contributed by atoms with van der Waals surface area (Å²) in [5, 5.41) is 7.97. The first-order valence-corrected chi connectivity index (χ1v) is 6.13. The highest BCUT2D eigenvalue weighted by molar-refractivity contribution is 6.35. The van der Waals surface area contributed by atoms with E-state index in [1.54, 1.807) is 6.07 Å². The van der Waals surface area contributed by atoms with E-state index in [4.69, 9.17) is 23.2 Å². The lowest BCUT2D eigenvalue weighted by molar-refractivity contribution is 0.256. The molecule has 2 rings (SSSR count). The van der Waals surface area contributed by atoms with E-state index in [0.717, 1.165) is 38.5 Å². The van der Waals surface area contributed by atoms with Crippen LogP contribution in [-0.4, -0.2) is 37.7 Å². The maximum atomic E-state index is 5.92. The predicted octanol–water partition coefficient (Wildman–Crippen LogP) is 2.27. The van der Waals surface area contributed by atoms with Crippen LogP contribution in [0.3, 0.4) is 0 Å². The van der Waals surface area contributed by atoms with Gasteiger partial charge in [0.25, 0.3) is 0 Å². The van der Waals surface area contributed by atoms with Gasteiger partial charge in [-0.2, -0.15) is 0 Å². The van der Waals surface area contributed by atoms with Gasteiger partial charge in [0, 0.05) is 41.9 Å². The van der Waals surface area contributed by atoms with Gasteiger partial charge in [0.1, 0.15) is 0 Å². The number of anilines is 1. The third-order valence-corrected chi connectivity index (χ3v) is 3.02. The van der Waals surface area contributed by atoms with E-state index in [9.17, 15) is 0 Å². The zero-order valence-electron chi connectivity index (χ0n) is 8.97. The van der Waals surface area contributed by atoms with Gasteiger partial charge in [0.15, 0.2) is 0 Å². The molecule has 0 bridgehead atoms. The summed E-state index contributed by atoms with van der Waals surface area (Å²) in [7, 11) is 0. The van der Waals surface area contributed by atoms with Crippen molar-refractivity contribution in [2.75, 3.05) is 38.2 Å². The second-order valence-electron chi connectivity index (χ2n) is 3.86. The fourth-order valence-electron chi connectivity index (χ4n) is 1.73. The van der Waals surface area contributed by atoms with E-state index in [-0.39, 0.29) is 0 Å². The second-order valence-corrected chi connectivity index (χ2v) is 4.73. The molecule has 1 aromatic rings. The summed E-state index contributed by atoms with van der Waals surface area (Å²) >= 11 is 11.8. The molecule has 0 saturated carbocycles. The summed E-state index contributed by atoms with van der Waals surface area (Å²) in [5.41, 5.74) is 0.969. The van der Waals surface area contributed by atoms with E-state index in [1.165, 1.54) is 0 Å². The van der Waals surface area contributed by atoms with Crippen molar-refractivity contribution in [3.05, 3.63) is 28.2 Å².